The number of piperazine rings is 1. The molecule has 8 heterocycles. The summed E-state index contributed by atoms with van der Waals surface area (Å²) in [5.74, 6) is 0.618. The van der Waals surface area contributed by atoms with Gasteiger partial charge in [0.1, 0.15) is 11.4 Å². The number of carbonyl (C=O) groups excluding carboxylic acids is 4. The van der Waals surface area contributed by atoms with Crippen LogP contribution < -0.4 is 24.8 Å². The SMILES string of the molecule is CC(=O)N1CCc2c(c(N3CCCc4cc(-c5cc6nccn6cc5N5CCN(C(=O)COc6cccc(N7CCC(=O)NC7=O)c6)CC5)c(C(F)F)cc43)nn2C2CCOCC2)C1. The van der Waals surface area contributed by atoms with Crippen molar-refractivity contribution in [3.05, 3.63) is 83.4 Å². The number of imidazole rings is 1. The zero-order chi connectivity index (χ0) is 44.1. The second-order valence-electron chi connectivity index (χ2n) is 17.0. The van der Waals surface area contributed by atoms with E-state index < -0.39 is 12.5 Å². The molecule has 16 nitrogen and oxygen atoms in total. The third kappa shape index (κ3) is 7.88. The number of imide groups is 1. The van der Waals surface area contributed by atoms with Gasteiger partial charge in [-0.1, -0.05) is 6.07 Å². The van der Waals surface area contributed by atoms with Crippen molar-refractivity contribution in [3.8, 4) is 16.9 Å². The first-order valence-corrected chi connectivity index (χ1v) is 22.1. The maximum atomic E-state index is 15.6. The lowest BCUT2D eigenvalue weighted by molar-refractivity contribution is -0.133. The van der Waals surface area contributed by atoms with Gasteiger partial charge in [0.2, 0.25) is 11.8 Å². The van der Waals surface area contributed by atoms with Gasteiger partial charge >= 0.3 is 6.03 Å². The van der Waals surface area contributed by atoms with Crippen molar-refractivity contribution in [2.24, 2.45) is 0 Å². The molecule has 0 saturated carbocycles. The number of anilines is 4. The van der Waals surface area contributed by atoms with Gasteiger partial charge in [0.15, 0.2) is 12.4 Å². The second kappa shape index (κ2) is 17.2. The van der Waals surface area contributed by atoms with Crippen LogP contribution in [0, 0.1) is 0 Å². The van der Waals surface area contributed by atoms with Crippen molar-refractivity contribution in [1.29, 1.82) is 0 Å². The summed E-state index contributed by atoms with van der Waals surface area (Å²) in [6.45, 7) is 6.26. The first kappa shape index (κ1) is 41.5. The van der Waals surface area contributed by atoms with Crippen LogP contribution in [0.1, 0.15) is 67.5 Å². The monoisotopic (exact) mass is 876 g/mol. The zero-order valence-electron chi connectivity index (χ0n) is 35.7. The van der Waals surface area contributed by atoms with Crippen LogP contribution in [-0.2, 0) is 38.5 Å². The first-order chi connectivity index (χ1) is 31.1. The molecule has 0 atom stereocenters. The molecular formula is C46H50F2N10O6. The van der Waals surface area contributed by atoms with Crippen molar-refractivity contribution in [2.75, 3.05) is 80.3 Å². The highest BCUT2D eigenvalue weighted by atomic mass is 19.3. The molecule has 3 fully saturated rings. The van der Waals surface area contributed by atoms with E-state index in [0.29, 0.717) is 106 Å². The van der Waals surface area contributed by atoms with Crippen LogP contribution in [0.15, 0.2) is 61.1 Å². The lowest BCUT2D eigenvalue weighted by Crippen LogP contribution is -2.50. The number of rotatable bonds is 9. The molecule has 2 aromatic carbocycles. The largest absolute Gasteiger partial charge is 0.484 e. The molecule has 0 unspecified atom stereocenters. The minimum absolute atomic E-state index is 0.00321. The Morgan fingerprint density at radius 1 is 0.906 bits per heavy atom. The minimum Gasteiger partial charge on any atom is -0.484 e. The van der Waals surface area contributed by atoms with Gasteiger partial charge in [-0.05, 0) is 67.1 Å². The highest BCUT2D eigenvalue weighted by molar-refractivity contribution is 6.05. The number of nitrogens with one attached hydrogen (secondary N) is 1. The molecule has 3 aromatic heterocycles. The summed E-state index contributed by atoms with van der Waals surface area (Å²) in [7, 11) is 0. The van der Waals surface area contributed by atoms with E-state index in [2.05, 4.69) is 24.8 Å². The molecule has 334 valence electrons. The van der Waals surface area contributed by atoms with E-state index in [-0.39, 0.29) is 48.9 Å². The highest BCUT2D eigenvalue weighted by Crippen LogP contribution is 2.46. The quantitative estimate of drug-likeness (QED) is 0.197. The van der Waals surface area contributed by atoms with Crippen LogP contribution in [0.4, 0.5) is 36.5 Å². The average Bonchev–Trinajstić information content (AvgIpc) is 3.94. The normalized spacial score (nSPS) is 18.4. The molecule has 5 amide bonds. The molecule has 18 heteroatoms. The fourth-order valence-electron chi connectivity index (χ4n) is 9.83. The average molecular weight is 877 g/mol. The van der Waals surface area contributed by atoms with Crippen molar-refractivity contribution in [3.63, 3.8) is 0 Å². The van der Waals surface area contributed by atoms with E-state index in [9.17, 15) is 19.2 Å². The van der Waals surface area contributed by atoms with Crippen molar-refractivity contribution in [1.82, 2.24) is 34.3 Å². The van der Waals surface area contributed by atoms with Gasteiger partial charge in [0.05, 0.1) is 18.3 Å². The fourth-order valence-corrected chi connectivity index (χ4v) is 9.83. The van der Waals surface area contributed by atoms with Gasteiger partial charge in [-0.15, -0.1) is 0 Å². The molecule has 5 aromatic rings. The molecule has 0 aliphatic carbocycles. The molecule has 5 aliphatic rings. The Morgan fingerprint density at radius 2 is 1.73 bits per heavy atom. The number of hydrogen-bond acceptors (Lipinski definition) is 10. The molecule has 0 spiro atoms. The van der Waals surface area contributed by atoms with Crippen LogP contribution in [0.5, 0.6) is 5.75 Å². The number of urea groups is 1. The van der Waals surface area contributed by atoms with Crippen LogP contribution >= 0.6 is 0 Å². The standard InChI is InChI=1S/C46H50F2N10O6/c1-29(59)54-13-7-38-37(26-54)45(51-58(38)31-9-20-63-21-10-31)57-12-3-4-30-22-34(36(44(47)48)24-39(30)57)35-25-41-49-11-15-55(41)27-40(35)52-16-18-53(19-17-52)43(61)28-64-33-6-2-5-32(23-33)56-14-8-42(60)50-46(56)62/h2,5-6,11,15,22-25,27,31,44H,3-4,7-10,12-14,16-21,26,28H2,1H3,(H,50,60,62). The lowest BCUT2D eigenvalue weighted by atomic mass is 9.91. The van der Waals surface area contributed by atoms with E-state index in [1.807, 2.05) is 33.8 Å². The first-order valence-electron chi connectivity index (χ1n) is 22.1. The van der Waals surface area contributed by atoms with Crippen molar-refractivity contribution < 1.29 is 37.4 Å². The number of carbonyl (C=O) groups is 4. The Morgan fingerprint density at radius 3 is 2.52 bits per heavy atom. The Labute approximate surface area is 368 Å². The number of aromatic nitrogens is 4. The molecule has 64 heavy (non-hydrogen) atoms. The van der Waals surface area contributed by atoms with Crippen LogP contribution in [0.25, 0.3) is 16.8 Å². The molecule has 0 bridgehead atoms. The summed E-state index contributed by atoms with van der Waals surface area (Å²) in [5.41, 5.74) is 6.69. The van der Waals surface area contributed by atoms with E-state index in [1.54, 1.807) is 48.4 Å². The lowest BCUT2D eigenvalue weighted by Gasteiger charge is -2.37. The summed E-state index contributed by atoms with van der Waals surface area (Å²) in [4.78, 5) is 63.9. The van der Waals surface area contributed by atoms with Gasteiger partial charge in [0.25, 0.3) is 12.3 Å². The molecular weight excluding hydrogens is 827 g/mol. The number of fused-ring (bicyclic) bond motifs is 3. The van der Waals surface area contributed by atoms with E-state index in [1.165, 1.54) is 4.90 Å². The molecule has 5 aliphatic heterocycles. The van der Waals surface area contributed by atoms with Gasteiger partial charge in [-0.2, -0.15) is 5.10 Å². The summed E-state index contributed by atoms with van der Waals surface area (Å²) >= 11 is 0. The number of alkyl halides is 2. The predicted octanol–water partition coefficient (Wildman–Crippen LogP) is 5.65. The Kier molecular flexibility index (Phi) is 11.1. The number of pyridine rings is 1. The second-order valence-corrected chi connectivity index (χ2v) is 17.0. The van der Waals surface area contributed by atoms with Crippen molar-refractivity contribution in [2.45, 2.75) is 64.5 Å². The Balaban J connectivity index is 0.912. The summed E-state index contributed by atoms with van der Waals surface area (Å²) < 4.78 is 46.7. The predicted molar refractivity (Wildman–Crippen MR) is 233 cm³/mol. The smallest absolute Gasteiger partial charge is 0.328 e. The fraction of sp³-hybridized carbons (Fsp3) is 0.435. The topological polar surface area (TPSA) is 150 Å². The third-order valence-corrected chi connectivity index (χ3v) is 13.2. The molecule has 0 radical (unpaired) electrons. The van der Waals surface area contributed by atoms with Crippen molar-refractivity contribution >= 4 is 52.3 Å². The summed E-state index contributed by atoms with van der Waals surface area (Å²) in [5, 5.41) is 7.56. The Hall–Kier alpha value is -6.56. The highest BCUT2D eigenvalue weighted by Gasteiger charge is 2.35. The van der Waals surface area contributed by atoms with Crippen LogP contribution in [0.2, 0.25) is 0 Å². The number of hydrogen-bond donors (Lipinski definition) is 1. The maximum absolute atomic E-state index is 15.6. The number of benzene rings is 2. The maximum Gasteiger partial charge on any atom is 0.328 e. The number of ether oxygens (including phenoxy) is 2. The molecule has 1 N–H and O–H groups in total. The van der Waals surface area contributed by atoms with E-state index in [4.69, 9.17) is 14.6 Å². The Bertz CT molecular complexity index is 2630. The number of halogens is 2. The zero-order valence-corrected chi connectivity index (χ0v) is 35.7. The van der Waals surface area contributed by atoms with Gasteiger partial charge < -0.3 is 33.5 Å². The number of aryl methyl sites for hydroxylation is 1. The van der Waals surface area contributed by atoms with Gasteiger partial charge in [-0.3, -0.25) is 29.3 Å². The summed E-state index contributed by atoms with van der Waals surface area (Å²) in [6, 6.07) is 11.9. The number of amides is 5. The number of nitrogens with zero attached hydrogens (tertiary/aromatic N) is 9. The summed E-state index contributed by atoms with van der Waals surface area (Å²) in [6.07, 6.45) is 6.70. The van der Waals surface area contributed by atoms with E-state index in [0.717, 1.165) is 47.6 Å². The molecule has 10 rings (SSSR count). The van der Waals surface area contributed by atoms with Crippen LogP contribution in [0.3, 0.4) is 0 Å². The van der Waals surface area contributed by atoms with Crippen LogP contribution in [-0.4, -0.2) is 118 Å². The van der Waals surface area contributed by atoms with Gasteiger partial charge in [-0.25, -0.2) is 18.6 Å². The van der Waals surface area contributed by atoms with Gasteiger partial charge in [0, 0.05) is 137 Å². The van der Waals surface area contributed by atoms with E-state index >= 15 is 8.78 Å². The minimum atomic E-state index is -2.79. The molecule has 3 saturated heterocycles. The third-order valence-electron chi connectivity index (χ3n) is 13.2.